The van der Waals surface area contributed by atoms with Gasteiger partial charge in [-0.1, -0.05) is 13.3 Å². The van der Waals surface area contributed by atoms with Gasteiger partial charge in [-0.3, -0.25) is 14.9 Å². The summed E-state index contributed by atoms with van der Waals surface area (Å²) in [7, 11) is 1.79. The van der Waals surface area contributed by atoms with Gasteiger partial charge in [0.2, 0.25) is 5.69 Å². The average molecular weight is 292 g/mol. The third-order valence-electron chi connectivity index (χ3n) is 3.11. The largest absolute Gasteiger partial charge is 0.364 e. The van der Waals surface area contributed by atoms with Crippen molar-refractivity contribution in [2.75, 3.05) is 0 Å². The Balaban J connectivity index is 2.54. The Kier molecular flexibility index (Phi) is 4.01. The van der Waals surface area contributed by atoms with Crippen molar-refractivity contribution in [3.05, 3.63) is 39.7 Å². The molecule has 0 saturated heterocycles. The maximum absolute atomic E-state index is 11.6. The molecule has 9 nitrogen and oxygen atoms in total. The van der Waals surface area contributed by atoms with Gasteiger partial charge in [-0.25, -0.2) is 9.67 Å². The molecule has 0 fully saturated rings. The van der Waals surface area contributed by atoms with Crippen LogP contribution in [0.25, 0.3) is 0 Å². The highest BCUT2D eigenvalue weighted by Crippen LogP contribution is 2.25. The molecule has 0 aliphatic carbocycles. The zero-order valence-corrected chi connectivity index (χ0v) is 11.8. The summed E-state index contributed by atoms with van der Waals surface area (Å²) in [5, 5.41) is 15.4. The lowest BCUT2D eigenvalue weighted by Gasteiger charge is -2.04. The number of primary amides is 1. The Morgan fingerprint density at radius 2 is 2.24 bits per heavy atom. The fourth-order valence-electron chi connectivity index (χ4n) is 2.14. The van der Waals surface area contributed by atoms with Gasteiger partial charge in [-0.2, -0.15) is 5.10 Å². The maximum atomic E-state index is 11.6. The number of carbonyl (C=O) groups excluding carboxylic acids is 1. The Bertz CT molecular complexity index is 687. The second kappa shape index (κ2) is 5.73. The summed E-state index contributed by atoms with van der Waals surface area (Å²) in [5.74, 6) is -0.247. The Morgan fingerprint density at radius 1 is 1.52 bits per heavy atom. The van der Waals surface area contributed by atoms with Crippen molar-refractivity contribution in [1.82, 2.24) is 19.3 Å². The van der Waals surface area contributed by atoms with Crippen molar-refractivity contribution < 1.29 is 9.72 Å². The summed E-state index contributed by atoms with van der Waals surface area (Å²) in [6.07, 6.45) is 4.43. The van der Waals surface area contributed by atoms with E-state index in [1.165, 1.54) is 4.68 Å². The molecular formula is C12H16N6O3. The van der Waals surface area contributed by atoms with Gasteiger partial charge in [0.1, 0.15) is 18.1 Å². The molecule has 2 heterocycles. The van der Waals surface area contributed by atoms with E-state index < -0.39 is 10.8 Å². The summed E-state index contributed by atoms with van der Waals surface area (Å²) < 4.78 is 3.01. The molecule has 0 atom stereocenters. The van der Waals surface area contributed by atoms with E-state index in [1.54, 1.807) is 24.0 Å². The van der Waals surface area contributed by atoms with Crippen molar-refractivity contribution in [3.63, 3.8) is 0 Å². The third-order valence-corrected chi connectivity index (χ3v) is 3.11. The molecule has 0 bridgehead atoms. The van der Waals surface area contributed by atoms with Crippen LogP contribution in [0.4, 0.5) is 5.69 Å². The van der Waals surface area contributed by atoms with E-state index in [0.29, 0.717) is 18.7 Å². The number of nitrogens with zero attached hydrogens (tertiary/aromatic N) is 5. The standard InChI is InChI=1S/C12H16N6O3/c1-3-4-8-10(18(20)21)11(12(13)19)17(15-8)7-9-14-5-6-16(9)2/h5-6H,3-4,7H2,1-2H3,(H2,13,19). The fourth-order valence-corrected chi connectivity index (χ4v) is 2.14. The number of amides is 1. The van der Waals surface area contributed by atoms with Crippen LogP contribution in [0.15, 0.2) is 12.4 Å². The summed E-state index contributed by atoms with van der Waals surface area (Å²) >= 11 is 0. The van der Waals surface area contributed by atoms with Gasteiger partial charge in [0, 0.05) is 19.4 Å². The van der Waals surface area contributed by atoms with Crippen molar-refractivity contribution in [1.29, 1.82) is 0 Å². The first-order valence-electron chi connectivity index (χ1n) is 6.45. The van der Waals surface area contributed by atoms with Gasteiger partial charge in [-0.15, -0.1) is 0 Å². The molecule has 112 valence electrons. The van der Waals surface area contributed by atoms with E-state index in [4.69, 9.17) is 5.73 Å². The molecule has 9 heteroatoms. The molecule has 0 aliphatic rings. The number of nitro groups is 1. The van der Waals surface area contributed by atoms with E-state index in [0.717, 1.165) is 0 Å². The van der Waals surface area contributed by atoms with Gasteiger partial charge in [0.05, 0.1) is 4.92 Å². The molecule has 0 aromatic carbocycles. The van der Waals surface area contributed by atoms with Gasteiger partial charge in [0.15, 0.2) is 0 Å². The minimum atomic E-state index is -0.870. The van der Waals surface area contributed by atoms with Gasteiger partial charge in [-0.05, 0) is 6.42 Å². The minimum absolute atomic E-state index is 0.145. The number of hydrogen-bond acceptors (Lipinski definition) is 5. The number of imidazole rings is 1. The lowest BCUT2D eigenvalue weighted by atomic mass is 10.2. The highest BCUT2D eigenvalue weighted by atomic mass is 16.6. The van der Waals surface area contributed by atoms with Crippen LogP contribution in [-0.4, -0.2) is 30.2 Å². The quantitative estimate of drug-likeness (QED) is 0.618. The molecular weight excluding hydrogens is 276 g/mol. The maximum Gasteiger partial charge on any atom is 0.323 e. The number of rotatable bonds is 6. The van der Waals surface area contributed by atoms with Gasteiger partial charge in [0.25, 0.3) is 5.91 Å². The average Bonchev–Trinajstić information content (AvgIpc) is 2.95. The fraction of sp³-hybridized carbons (Fsp3) is 0.417. The molecule has 2 aromatic rings. The topological polar surface area (TPSA) is 122 Å². The number of carbonyl (C=O) groups is 1. The lowest BCUT2D eigenvalue weighted by molar-refractivity contribution is -0.385. The molecule has 2 N–H and O–H groups in total. The molecule has 0 aliphatic heterocycles. The molecule has 21 heavy (non-hydrogen) atoms. The molecule has 2 aromatic heterocycles. The summed E-state index contributed by atoms with van der Waals surface area (Å²) in [4.78, 5) is 26.4. The number of hydrogen-bond donors (Lipinski definition) is 1. The van der Waals surface area contributed by atoms with Crippen molar-refractivity contribution in [3.8, 4) is 0 Å². The second-order valence-electron chi connectivity index (χ2n) is 4.63. The van der Waals surface area contributed by atoms with Crippen LogP contribution >= 0.6 is 0 Å². The molecule has 0 spiro atoms. The lowest BCUT2D eigenvalue weighted by Crippen LogP contribution is -2.20. The van der Waals surface area contributed by atoms with E-state index >= 15 is 0 Å². The molecule has 0 saturated carbocycles. The van der Waals surface area contributed by atoms with E-state index in [9.17, 15) is 14.9 Å². The smallest absolute Gasteiger partial charge is 0.323 e. The SMILES string of the molecule is CCCc1nn(Cc2nccn2C)c(C(N)=O)c1[N+](=O)[O-]. The summed E-state index contributed by atoms with van der Waals surface area (Å²) in [6, 6.07) is 0. The van der Waals surface area contributed by atoms with E-state index in [1.807, 2.05) is 6.92 Å². The number of nitrogens with two attached hydrogens (primary N) is 1. The normalized spacial score (nSPS) is 10.8. The van der Waals surface area contributed by atoms with Crippen LogP contribution in [-0.2, 0) is 20.0 Å². The van der Waals surface area contributed by atoms with E-state index in [2.05, 4.69) is 10.1 Å². The van der Waals surface area contributed by atoms with E-state index in [-0.39, 0.29) is 23.6 Å². The molecule has 0 unspecified atom stereocenters. The predicted molar refractivity (Wildman–Crippen MR) is 73.7 cm³/mol. The first-order chi connectivity index (χ1) is 9.95. The third kappa shape index (κ3) is 2.76. The Morgan fingerprint density at radius 3 is 2.71 bits per heavy atom. The van der Waals surface area contributed by atoms with Crippen LogP contribution in [0, 0.1) is 10.1 Å². The van der Waals surface area contributed by atoms with Gasteiger partial charge >= 0.3 is 5.69 Å². The molecule has 1 amide bonds. The minimum Gasteiger partial charge on any atom is -0.364 e. The highest BCUT2D eigenvalue weighted by molar-refractivity contribution is 5.95. The zero-order valence-electron chi connectivity index (χ0n) is 11.8. The van der Waals surface area contributed by atoms with Crippen LogP contribution in [0.2, 0.25) is 0 Å². The highest BCUT2D eigenvalue weighted by Gasteiger charge is 2.31. The number of aromatic nitrogens is 4. The van der Waals surface area contributed by atoms with Crippen molar-refractivity contribution in [2.45, 2.75) is 26.3 Å². The number of aryl methyl sites for hydroxylation is 2. The molecule has 2 rings (SSSR count). The second-order valence-corrected chi connectivity index (χ2v) is 4.63. The summed E-state index contributed by atoms with van der Waals surface area (Å²) in [5.41, 5.74) is 5.07. The zero-order chi connectivity index (χ0) is 15.6. The Hall–Kier alpha value is -2.71. The van der Waals surface area contributed by atoms with Crippen LogP contribution < -0.4 is 5.73 Å². The first kappa shape index (κ1) is 14.7. The van der Waals surface area contributed by atoms with Gasteiger partial charge < -0.3 is 10.3 Å². The Labute approximate surface area is 120 Å². The van der Waals surface area contributed by atoms with Crippen molar-refractivity contribution in [2.24, 2.45) is 12.8 Å². The van der Waals surface area contributed by atoms with Crippen LogP contribution in [0.3, 0.4) is 0 Å². The predicted octanol–water partition coefficient (Wildman–Crippen LogP) is 0.625. The van der Waals surface area contributed by atoms with Crippen LogP contribution in [0.1, 0.15) is 35.4 Å². The molecule has 0 radical (unpaired) electrons. The van der Waals surface area contributed by atoms with Crippen LogP contribution in [0.5, 0.6) is 0 Å². The summed E-state index contributed by atoms with van der Waals surface area (Å²) in [6.45, 7) is 2.03. The monoisotopic (exact) mass is 292 g/mol. The van der Waals surface area contributed by atoms with Crippen molar-refractivity contribution >= 4 is 11.6 Å². The first-order valence-corrected chi connectivity index (χ1v) is 6.45.